The molecule has 294 valence electrons. The Bertz CT molecular complexity index is 975. The first-order chi connectivity index (χ1) is 24.8. The third kappa shape index (κ3) is 24.5. The van der Waals surface area contributed by atoms with Crippen LogP contribution < -0.4 is 0 Å². The van der Waals surface area contributed by atoms with E-state index in [2.05, 4.69) is 62.5 Å². The fourth-order valence-corrected chi connectivity index (χ4v) is 5.52. The molecule has 0 aromatic carbocycles. The van der Waals surface area contributed by atoms with E-state index >= 15 is 0 Å². The van der Waals surface area contributed by atoms with Gasteiger partial charge in [0.05, 0.1) is 13.2 Å². The number of allylic oxidation sites excluding steroid dienone is 8. The van der Waals surface area contributed by atoms with Crippen LogP contribution in [-0.4, -0.2) is 89.0 Å². The number of unbranched alkanes of at least 4 members (excludes halogenated alkanes) is 12. The molecule has 2 unspecified atom stereocenters. The summed E-state index contributed by atoms with van der Waals surface area (Å²) in [5.74, 6) is -0.854. The molecule has 0 aromatic rings. The first-order valence-corrected chi connectivity index (χ1v) is 19.7. The number of carbonyl (C=O) groups excluding carboxylic acids is 2. The Labute approximate surface area is 308 Å². The van der Waals surface area contributed by atoms with Gasteiger partial charge in [0, 0.05) is 12.8 Å². The maximum absolute atomic E-state index is 12.7. The van der Waals surface area contributed by atoms with Gasteiger partial charge in [-0.05, 0) is 57.8 Å². The van der Waals surface area contributed by atoms with Gasteiger partial charge in [0.1, 0.15) is 31.0 Å². The zero-order chi connectivity index (χ0) is 37.4. The average molecular weight is 723 g/mol. The molecule has 0 aromatic heterocycles. The number of carbonyl (C=O) groups is 2. The van der Waals surface area contributed by atoms with Crippen LogP contribution in [0.1, 0.15) is 142 Å². The molecule has 0 amide bonds. The van der Waals surface area contributed by atoms with Crippen molar-refractivity contribution in [2.24, 2.45) is 0 Å². The van der Waals surface area contributed by atoms with Crippen LogP contribution in [0.15, 0.2) is 48.6 Å². The highest BCUT2D eigenvalue weighted by atomic mass is 16.7. The number of rotatable bonds is 31. The lowest BCUT2D eigenvalue weighted by molar-refractivity contribution is -0.305. The monoisotopic (exact) mass is 722 g/mol. The van der Waals surface area contributed by atoms with Crippen molar-refractivity contribution in [3.05, 3.63) is 48.6 Å². The standard InChI is InChI=1S/C41H70O10/c1-3-5-7-9-11-12-13-14-15-16-17-18-19-20-21-22-24-26-28-30-37(44)50-34(32-48-36(43)29-27-25-23-10-8-6-4-2)33-49-41-40(47)39(46)38(45)35(31-42)51-41/h11-12,14-15,17-18,20-21,34-35,38-42,45-47H,3-10,13,16,19,22-33H2,1-2H3/b12-11+,15-14+,18-17+,21-20+/t34-,35+,38-,39?,40?,41+/m1/s1. The molecule has 4 N–H and O–H groups in total. The second kappa shape index (κ2) is 32.3. The average Bonchev–Trinajstić information content (AvgIpc) is 3.13. The summed E-state index contributed by atoms with van der Waals surface area (Å²) in [5, 5.41) is 39.8. The second-order valence-corrected chi connectivity index (χ2v) is 13.4. The molecule has 1 aliphatic rings. The van der Waals surface area contributed by atoms with Gasteiger partial charge in [0.25, 0.3) is 0 Å². The van der Waals surface area contributed by atoms with Crippen LogP contribution in [0.2, 0.25) is 0 Å². The molecule has 0 bridgehead atoms. The van der Waals surface area contributed by atoms with Gasteiger partial charge in [-0.1, -0.05) is 120 Å². The lowest BCUT2D eigenvalue weighted by atomic mass is 9.99. The fraction of sp³-hybridized carbons (Fsp3) is 0.756. The van der Waals surface area contributed by atoms with Gasteiger partial charge in [0.2, 0.25) is 0 Å². The molecule has 0 saturated carbocycles. The van der Waals surface area contributed by atoms with Crippen molar-refractivity contribution in [3.63, 3.8) is 0 Å². The van der Waals surface area contributed by atoms with Crippen LogP contribution in [0.5, 0.6) is 0 Å². The molecule has 1 heterocycles. The Hall–Kier alpha value is -2.34. The molecule has 1 fully saturated rings. The minimum absolute atomic E-state index is 0.192. The molecule has 51 heavy (non-hydrogen) atoms. The quantitative estimate of drug-likeness (QED) is 0.0325. The van der Waals surface area contributed by atoms with Crippen LogP contribution in [0.4, 0.5) is 0 Å². The topological polar surface area (TPSA) is 152 Å². The van der Waals surface area contributed by atoms with Crippen molar-refractivity contribution in [2.45, 2.75) is 179 Å². The zero-order valence-electron chi connectivity index (χ0n) is 31.6. The highest BCUT2D eigenvalue weighted by Crippen LogP contribution is 2.22. The molecule has 1 rings (SSSR count). The minimum Gasteiger partial charge on any atom is -0.462 e. The zero-order valence-corrected chi connectivity index (χ0v) is 31.6. The van der Waals surface area contributed by atoms with E-state index in [1.807, 2.05) is 0 Å². The van der Waals surface area contributed by atoms with Crippen LogP contribution in [-0.2, 0) is 28.5 Å². The van der Waals surface area contributed by atoms with E-state index in [0.717, 1.165) is 64.2 Å². The normalized spacial score (nSPS) is 21.7. The smallest absolute Gasteiger partial charge is 0.306 e. The van der Waals surface area contributed by atoms with Gasteiger partial charge in [0.15, 0.2) is 12.4 Å². The molecule has 10 heteroatoms. The lowest BCUT2D eigenvalue weighted by Crippen LogP contribution is -2.59. The Kier molecular flexibility index (Phi) is 29.6. The number of aliphatic hydroxyl groups excluding tert-OH is 4. The van der Waals surface area contributed by atoms with Gasteiger partial charge in [-0.15, -0.1) is 0 Å². The predicted molar refractivity (Wildman–Crippen MR) is 201 cm³/mol. The van der Waals surface area contributed by atoms with E-state index in [4.69, 9.17) is 18.9 Å². The molecule has 6 atom stereocenters. The van der Waals surface area contributed by atoms with E-state index in [-0.39, 0.29) is 26.1 Å². The summed E-state index contributed by atoms with van der Waals surface area (Å²) in [6.45, 7) is 3.28. The van der Waals surface area contributed by atoms with Crippen molar-refractivity contribution in [1.82, 2.24) is 0 Å². The number of hydrogen-bond donors (Lipinski definition) is 4. The summed E-state index contributed by atoms with van der Waals surface area (Å²) in [7, 11) is 0. The van der Waals surface area contributed by atoms with Gasteiger partial charge in [-0.3, -0.25) is 9.59 Å². The van der Waals surface area contributed by atoms with Crippen molar-refractivity contribution in [1.29, 1.82) is 0 Å². The highest BCUT2D eigenvalue weighted by molar-refractivity contribution is 5.70. The third-order valence-corrected chi connectivity index (χ3v) is 8.72. The Morgan fingerprint density at radius 2 is 1.10 bits per heavy atom. The van der Waals surface area contributed by atoms with E-state index in [1.165, 1.54) is 44.9 Å². The molecular formula is C41H70O10. The summed E-state index contributed by atoms with van der Waals surface area (Å²) in [6.07, 6.45) is 28.6. The van der Waals surface area contributed by atoms with Crippen LogP contribution in [0.25, 0.3) is 0 Å². The molecule has 10 nitrogen and oxygen atoms in total. The van der Waals surface area contributed by atoms with Crippen molar-refractivity contribution in [3.8, 4) is 0 Å². The number of ether oxygens (including phenoxy) is 4. The van der Waals surface area contributed by atoms with Gasteiger partial charge < -0.3 is 39.4 Å². The predicted octanol–water partition coefficient (Wildman–Crippen LogP) is 7.32. The summed E-state index contributed by atoms with van der Waals surface area (Å²) >= 11 is 0. The van der Waals surface area contributed by atoms with E-state index in [9.17, 15) is 30.0 Å². The van der Waals surface area contributed by atoms with E-state index in [0.29, 0.717) is 6.42 Å². The number of hydrogen-bond acceptors (Lipinski definition) is 10. The Morgan fingerprint density at radius 3 is 1.69 bits per heavy atom. The minimum atomic E-state index is -1.60. The molecule has 0 spiro atoms. The SMILES string of the molecule is CCCCC/C=C/C/C=C/C/C=C/C/C=C/CCCCCC(=O)O[C@H](COC(=O)CCCCCCCCC)CO[C@H]1O[C@@H](CO)[C@@H](O)C(O)C1O. The van der Waals surface area contributed by atoms with Crippen LogP contribution >= 0.6 is 0 Å². The molecule has 0 radical (unpaired) electrons. The van der Waals surface area contributed by atoms with Crippen molar-refractivity contribution < 1.29 is 49.0 Å². The summed E-state index contributed by atoms with van der Waals surface area (Å²) in [4.78, 5) is 25.1. The largest absolute Gasteiger partial charge is 0.462 e. The van der Waals surface area contributed by atoms with Gasteiger partial charge in [-0.25, -0.2) is 0 Å². The molecular weight excluding hydrogens is 652 g/mol. The summed E-state index contributed by atoms with van der Waals surface area (Å²) in [5.41, 5.74) is 0. The fourth-order valence-electron chi connectivity index (χ4n) is 5.52. The Morgan fingerprint density at radius 1 is 0.608 bits per heavy atom. The second-order valence-electron chi connectivity index (χ2n) is 13.4. The highest BCUT2D eigenvalue weighted by Gasteiger charge is 2.44. The number of aliphatic hydroxyl groups is 4. The van der Waals surface area contributed by atoms with Crippen LogP contribution in [0, 0.1) is 0 Å². The third-order valence-electron chi connectivity index (χ3n) is 8.72. The first-order valence-electron chi connectivity index (χ1n) is 19.7. The number of esters is 2. The van der Waals surface area contributed by atoms with E-state index < -0.39 is 55.4 Å². The summed E-state index contributed by atoms with van der Waals surface area (Å²) < 4.78 is 22.0. The van der Waals surface area contributed by atoms with E-state index in [1.54, 1.807) is 0 Å². The van der Waals surface area contributed by atoms with Crippen molar-refractivity contribution in [2.75, 3.05) is 19.8 Å². The van der Waals surface area contributed by atoms with Gasteiger partial charge >= 0.3 is 11.9 Å². The maximum Gasteiger partial charge on any atom is 0.306 e. The summed E-state index contributed by atoms with van der Waals surface area (Å²) in [6, 6.07) is 0. The van der Waals surface area contributed by atoms with Crippen LogP contribution in [0.3, 0.4) is 0 Å². The molecule has 0 aliphatic carbocycles. The van der Waals surface area contributed by atoms with Gasteiger partial charge in [-0.2, -0.15) is 0 Å². The van der Waals surface area contributed by atoms with Crippen molar-refractivity contribution >= 4 is 11.9 Å². The molecule has 1 aliphatic heterocycles. The first kappa shape index (κ1) is 46.7. The molecule has 1 saturated heterocycles. The maximum atomic E-state index is 12.7. The Balaban J connectivity index is 2.38. The lowest BCUT2D eigenvalue weighted by Gasteiger charge is -2.39.